The Kier molecular flexibility index (Phi) is 4.10. The summed E-state index contributed by atoms with van der Waals surface area (Å²) in [5.41, 5.74) is 0. The Hall–Kier alpha value is -0.870. The van der Waals surface area contributed by atoms with Gasteiger partial charge in [-0.2, -0.15) is 0 Å². The molecule has 0 aliphatic carbocycles. The molecule has 0 spiro atoms. The molecule has 0 aliphatic rings. The molecule has 0 aromatic carbocycles. The number of aliphatic hydroxyl groups excluding tert-OH is 1. The van der Waals surface area contributed by atoms with Gasteiger partial charge in [-0.25, -0.2) is 9.97 Å². The van der Waals surface area contributed by atoms with Gasteiger partial charge >= 0.3 is 0 Å². The smallest absolute Gasteiger partial charge is 0.224 e. The molecule has 0 aliphatic heterocycles. The number of rotatable bonds is 4. The first-order chi connectivity index (χ1) is 6.63. The van der Waals surface area contributed by atoms with Crippen molar-refractivity contribution < 1.29 is 5.11 Å². The van der Waals surface area contributed by atoms with E-state index in [1.807, 2.05) is 6.92 Å². The van der Waals surface area contributed by atoms with Crippen molar-refractivity contribution in [3.05, 3.63) is 17.5 Å². The summed E-state index contributed by atoms with van der Waals surface area (Å²) in [6, 6.07) is 1.71. The highest BCUT2D eigenvalue weighted by Gasteiger charge is 2.12. The predicted octanol–water partition coefficient (Wildman–Crippen LogP) is 1.70. The van der Waals surface area contributed by atoms with Crippen LogP contribution >= 0.6 is 11.6 Å². The van der Waals surface area contributed by atoms with Crippen LogP contribution in [0.3, 0.4) is 0 Å². The van der Waals surface area contributed by atoms with E-state index in [2.05, 4.69) is 15.3 Å². The molecule has 0 radical (unpaired) electrons. The van der Waals surface area contributed by atoms with Gasteiger partial charge in [0.05, 0.1) is 12.1 Å². The van der Waals surface area contributed by atoms with E-state index in [1.54, 1.807) is 19.2 Å². The van der Waals surface area contributed by atoms with Crippen LogP contribution in [-0.2, 0) is 0 Å². The summed E-state index contributed by atoms with van der Waals surface area (Å²) in [5, 5.41) is 12.7. The Morgan fingerprint density at radius 1 is 1.64 bits per heavy atom. The van der Waals surface area contributed by atoms with Crippen molar-refractivity contribution in [2.75, 3.05) is 5.32 Å². The molecule has 0 saturated carbocycles. The first-order valence-electron chi connectivity index (χ1n) is 4.56. The predicted molar refractivity (Wildman–Crippen MR) is 56.4 cm³/mol. The van der Waals surface area contributed by atoms with Crippen LogP contribution in [0.4, 0.5) is 5.82 Å². The quantitative estimate of drug-likeness (QED) is 0.751. The van der Waals surface area contributed by atoms with Gasteiger partial charge in [-0.15, -0.1) is 0 Å². The summed E-state index contributed by atoms with van der Waals surface area (Å²) in [6.07, 6.45) is 1.97. The lowest BCUT2D eigenvalue weighted by Gasteiger charge is -2.19. The fraction of sp³-hybridized carbons (Fsp3) is 0.556. The molecule has 2 N–H and O–H groups in total. The van der Waals surface area contributed by atoms with E-state index in [9.17, 15) is 5.11 Å². The molecule has 0 bridgehead atoms. The zero-order valence-corrected chi connectivity index (χ0v) is 8.99. The van der Waals surface area contributed by atoms with Gasteiger partial charge in [0.1, 0.15) is 5.82 Å². The van der Waals surface area contributed by atoms with Gasteiger partial charge < -0.3 is 10.4 Å². The molecule has 1 aromatic rings. The minimum absolute atomic E-state index is 0.0130. The third-order valence-corrected chi connectivity index (χ3v) is 2.16. The zero-order chi connectivity index (χ0) is 10.6. The zero-order valence-electron chi connectivity index (χ0n) is 8.24. The molecule has 1 rings (SSSR count). The Bertz CT molecular complexity index is 293. The number of aromatic nitrogens is 2. The molecule has 0 amide bonds. The van der Waals surface area contributed by atoms with Crippen molar-refractivity contribution in [1.82, 2.24) is 9.97 Å². The van der Waals surface area contributed by atoms with Crippen molar-refractivity contribution in [3.63, 3.8) is 0 Å². The van der Waals surface area contributed by atoms with E-state index in [0.717, 1.165) is 6.42 Å². The number of hydrogen-bond donors (Lipinski definition) is 2. The fourth-order valence-corrected chi connectivity index (χ4v) is 1.32. The molecular formula is C9H14ClN3O. The van der Waals surface area contributed by atoms with Crippen LogP contribution in [0.15, 0.2) is 12.3 Å². The molecule has 5 heteroatoms. The second kappa shape index (κ2) is 5.12. The van der Waals surface area contributed by atoms with Gasteiger partial charge in [0.25, 0.3) is 0 Å². The topological polar surface area (TPSA) is 58.0 Å². The Labute approximate surface area is 88.3 Å². The molecule has 0 fully saturated rings. The summed E-state index contributed by atoms with van der Waals surface area (Å²) in [7, 11) is 0. The van der Waals surface area contributed by atoms with Gasteiger partial charge in [0, 0.05) is 6.20 Å². The van der Waals surface area contributed by atoms with Gasteiger partial charge in [-0.05, 0) is 31.0 Å². The molecule has 1 aromatic heterocycles. The monoisotopic (exact) mass is 215 g/mol. The minimum Gasteiger partial charge on any atom is -0.391 e. The summed E-state index contributed by atoms with van der Waals surface area (Å²) >= 11 is 5.63. The lowest BCUT2D eigenvalue weighted by atomic mass is 10.1. The van der Waals surface area contributed by atoms with E-state index in [1.165, 1.54) is 0 Å². The van der Waals surface area contributed by atoms with Crippen LogP contribution in [-0.4, -0.2) is 27.2 Å². The van der Waals surface area contributed by atoms with E-state index in [-0.39, 0.29) is 11.3 Å². The van der Waals surface area contributed by atoms with Crippen LogP contribution in [0.1, 0.15) is 20.3 Å². The summed E-state index contributed by atoms with van der Waals surface area (Å²) in [4.78, 5) is 7.75. The largest absolute Gasteiger partial charge is 0.391 e. The maximum Gasteiger partial charge on any atom is 0.224 e. The average Bonchev–Trinajstić information content (AvgIpc) is 2.14. The van der Waals surface area contributed by atoms with Crippen LogP contribution < -0.4 is 5.32 Å². The normalized spacial score (nSPS) is 14.9. The number of nitrogens with zero attached hydrogens (tertiary/aromatic N) is 2. The average molecular weight is 216 g/mol. The van der Waals surface area contributed by atoms with Crippen molar-refractivity contribution in [3.8, 4) is 0 Å². The number of halogens is 1. The lowest BCUT2D eigenvalue weighted by molar-refractivity contribution is 0.169. The lowest BCUT2D eigenvalue weighted by Crippen LogP contribution is -2.30. The highest BCUT2D eigenvalue weighted by molar-refractivity contribution is 6.28. The highest BCUT2D eigenvalue weighted by Crippen LogP contribution is 2.10. The molecule has 2 unspecified atom stereocenters. The van der Waals surface area contributed by atoms with Crippen LogP contribution in [0.5, 0.6) is 0 Å². The van der Waals surface area contributed by atoms with Gasteiger partial charge in [-0.3, -0.25) is 0 Å². The van der Waals surface area contributed by atoms with Gasteiger partial charge in [0.2, 0.25) is 5.28 Å². The van der Waals surface area contributed by atoms with Crippen molar-refractivity contribution in [2.45, 2.75) is 32.4 Å². The second-order valence-electron chi connectivity index (χ2n) is 3.11. The standard InChI is InChI=1S/C9H14ClN3O/c1-3-7(6(2)14)12-8-4-5-11-9(10)13-8/h4-7,14H,3H2,1-2H3,(H,11,12,13). The first-order valence-corrected chi connectivity index (χ1v) is 4.94. The van der Waals surface area contributed by atoms with Crippen LogP contribution in [0.2, 0.25) is 5.28 Å². The molecule has 0 saturated heterocycles. The maximum atomic E-state index is 9.40. The Morgan fingerprint density at radius 2 is 2.36 bits per heavy atom. The summed E-state index contributed by atoms with van der Waals surface area (Å²) in [6.45, 7) is 3.73. The Morgan fingerprint density at radius 3 is 2.86 bits per heavy atom. The summed E-state index contributed by atoms with van der Waals surface area (Å²) in [5.74, 6) is 0.637. The maximum absolute atomic E-state index is 9.40. The van der Waals surface area contributed by atoms with Gasteiger partial charge in [-0.1, -0.05) is 6.92 Å². The first kappa shape index (κ1) is 11.2. The van der Waals surface area contributed by atoms with E-state index in [4.69, 9.17) is 11.6 Å². The number of nitrogens with one attached hydrogen (secondary N) is 1. The summed E-state index contributed by atoms with van der Waals surface area (Å²) < 4.78 is 0. The molecule has 2 atom stereocenters. The van der Waals surface area contributed by atoms with Crippen molar-refractivity contribution in [1.29, 1.82) is 0 Å². The minimum atomic E-state index is -0.422. The van der Waals surface area contributed by atoms with Crippen LogP contribution in [0.25, 0.3) is 0 Å². The number of aliphatic hydroxyl groups is 1. The molecule has 1 heterocycles. The SMILES string of the molecule is CCC(Nc1ccnc(Cl)n1)C(C)O. The third kappa shape index (κ3) is 3.12. The molecule has 78 valence electrons. The fourth-order valence-electron chi connectivity index (χ4n) is 1.17. The Balaban J connectivity index is 2.67. The van der Waals surface area contributed by atoms with E-state index in [0.29, 0.717) is 5.82 Å². The van der Waals surface area contributed by atoms with E-state index < -0.39 is 6.10 Å². The van der Waals surface area contributed by atoms with Crippen molar-refractivity contribution in [2.24, 2.45) is 0 Å². The molecule has 4 nitrogen and oxygen atoms in total. The number of anilines is 1. The van der Waals surface area contributed by atoms with Crippen molar-refractivity contribution >= 4 is 17.4 Å². The van der Waals surface area contributed by atoms with E-state index >= 15 is 0 Å². The van der Waals surface area contributed by atoms with Gasteiger partial charge in [0.15, 0.2) is 0 Å². The second-order valence-corrected chi connectivity index (χ2v) is 3.45. The molecular weight excluding hydrogens is 202 g/mol. The van der Waals surface area contributed by atoms with Crippen LogP contribution in [0, 0.1) is 0 Å². The molecule has 14 heavy (non-hydrogen) atoms. The third-order valence-electron chi connectivity index (χ3n) is 1.98. The highest BCUT2D eigenvalue weighted by atomic mass is 35.5. The number of hydrogen-bond acceptors (Lipinski definition) is 4.